The SMILES string of the molecule is CCN1CCC(CNC2CC(C)CC(C)(C)C2)C1. The molecule has 0 spiro atoms. The first-order chi connectivity index (χ1) is 8.48. The summed E-state index contributed by atoms with van der Waals surface area (Å²) < 4.78 is 0. The zero-order valence-electron chi connectivity index (χ0n) is 12.8. The van der Waals surface area contributed by atoms with Gasteiger partial charge in [0, 0.05) is 12.6 Å². The van der Waals surface area contributed by atoms with Crippen LogP contribution in [-0.4, -0.2) is 37.1 Å². The summed E-state index contributed by atoms with van der Waals surface area (Å²) in [6, 6.07) is 0.763. The van der Waals surface area contributed by atoms with E-state index in [1.165, 1.54) is 51.9 Å². The topological polar surface area (TPSA) is 15.3 Å². The summed E-state index contributed by atoms with van der Waals surface area (Å²) in [4.78, 5) is 2.58. The Labute approximate surface area is 114 Å². The molecule has 2 heteroatoms. The molecule has 1 aliphatic carbocycles. The standard InChI is InChI=1S/C16H32N2/c1-5-18-7-6-14(12-18)11-17-15-8-13(2)9-16(3,4)10-15/h13-15,17H,5-12H2,1-4H3. The van der Waals surface area contributed by atoms with Crippen LogP contribution in [0.15, 0.2) is 0 Å². The van der Waals surface area contributed by atoms with Gasteiger partial charge in [-0.1, -0.05) is 27.7 Å². The van der Waals surface area contributed by atoms with Crippen LogP contribution in [0.25, 0.3) is 0 Å². The fraction of sp³-hybridized carbons (Fsp3) is 1.00. The number of hydrogen-bond acceptors (Lipinski definition) is 2. The van der Waals surface area contributed by atoms with Crippen molar-refractivity contribution in [3.8, 4) is 0 Å². The van der Waals surface area contributed by atoms with Gasteiger partial charge in [0.25, 0.3) is 0 Å². The number of rotatable bonds is 4. The van der Waals surface area contributed by atoms with E-state index in [1.807, 2.05) is 0 Å². The molecule has 0 bridgehead atoms. The lowest BCUT2D eigenvalue weighted by Gasteiger charge is -2.39. The van der Waals surface area contributed by atoms with E-state index in [9.17, 15) is 0 Å². The average molecular weight is 252 g/mol. The van der Waals surface area contributed by atoms with Crippen LogP contribution in [0, 0.1) is 17.3 Å². The number of nitrogens with one attached hydrogen (secondary N) is 1. The van der Waals surface area contributed by atoms with Gasteiger partial charge < -0.3 is 10.2 Å². The molecular weight excluding hydrogens is 220 g/mol. The first-order valence-corrected chi connectivity index (χ1v) is 7.94. The Balaban J connectivity index is 1.73. The van der Waals surface area contributed by atoms with Gasteiger partial charge in [-0.3, -0.25) is 0 Å². The Bertz CT molecular complexity index is 262. The van der Waals surface area contributed by atoms with E-state index in [0.29, 0.717) is 5.41 Å². The lowest BCUT2D eigenvalue weighted by atomic mass is 9.70. The minimum Gasteiger partial charge on any atom is -0.314 e. The highest BCUT2D eigenvalue weighted by molar-refractivity contribution is 4.87. The summed E-state index contributed by atoms with van der Waals surface area (Å²) in [7, 11) is 0. The second-order valence-corrected chi connectivity index (χ2v) is 7.57. The molecule has 0 amide bonds. The monoisotopic (exact) mass is 252 g/mol. The van der Waals surface area contributed by atoms with Crippen LogP contribution in [0.4, 0.5) is 0 Å². The molecule has 2 aliphatic rings. The van der Waals surface area contributed by atoms with E-state index >= 15 is 0 Å². The van der Waals surface area contributed by atoms with Gasteiger partial charge in [-0.25, -0.2) is 0 Å². The van der Waals surface area contributed by atoms with Gasteiger partial charge in [0.1, 0.15) is 0 Å². The molecule has 1 N–H and O–H groups in total. The third-order valence-corrected chi connectivity index (χ3v) is 4.90. The maximum Gasteiger partial charge on any atom is 0.00748 e. The highest BCUT2D eigenvalue weighted by Gasteiger charge is 2.32. The van der Waals surface area contributed by atoms with Crippen molar-refractivity contribution in [1.29, 1.82) is 0 Å². The summed E-state index contributed by atoms with van der Waals surface area (Å²) in [5, 5.41) is 3.87. The number of hydrogen-bond donors (Lipinski definition) is 1. The quantitative estimate of drug-likeness (QED) is 0.827. The van der Waals surface area contributed by atoms with E-state index in [1.54, 1.807) is 0 Å². The Kier molecular flexibility index (Phi) is 4.71. The molecule has 1 saturated heterocycles. The van der Waals surface area contributed by atoms with Crippen molar-refractivity contribution in [1.82, 2.24) is 10.2 Å². The van der Waals surface area contributed by atoms with E-state index in [2.05, 4.69) is 37.9 Å². The lowest BCUT2D eigenvalue weighted by molar-refractivity contribution is 0.148. The Morgan fingerprint density at radius 1 is 1.28 bits per heavy atom. The number of nitrogens with zero attached hydrogens (tertiary/aromatic N) is 1. The third-order valence-electron chi connectivity index (χ3n) is 4.90. The van der Waals surface area contributed by atoms with Crippen molar-refractivity contribution >= 4 is 0 Å². The third kappa shape index (κ3) is 3.96. The Hall–Kier alpha value is -0.0800. The average Bonchev–Trinajstić information content (AvgIpc) is 2.71. The summed E-state index contributed by atoms with van der Waals surface area (Å²) in [6.07, 6.45) is 5.54. The fourth-order valence-electron chi connectivity index (χ4n) is 4.20. The van der Waals surface area contributed by atoms with Gasteiger partial charge >= 0.3 is 0 Å². The van der Waals surface area contributed by atoms with Gasteiger partial charge in [-0.2, -0.15) is 0 Å². The highest BCUT2D eigenvalue weighted by Crippen LogP contribution is 2.38. The molecule has 0 aromatic rings. The smallest absolute Gasteiger partial charge is 0.00748 e. The van der Waals surface area contributed by atoms with E-state index in [0.717, 1.165) is 17.9 Å². The Morgan fingerprint density at radius 3 is 2.67 bits per heavy atom. The molecule has 0 aromatic heterocycles. The van der Waals surface area contributed by atoms with Gasteiger partial charge in [-0.15, -0.1) is 0 Å². The largest absolute Gasteiger partial charge is 0.314 e. The molecule has 1 heterocycles. The molecule has 106 valence electrons. The van der Waals surface area contributed by atoms with Crippen molar-refractivity contribution < 1.29 is 0 Å². The predicted octanol–water partition coefficient (Wildman–Crippen LogP) is 3.13. The molecular formula is C16H32N2. The minimum absolute atomic E-state index is 0.542. The van der Waals surface area contributed by atoms with E-state index in [4.69, 9.17) is 0 Å². The van der Waals surface area contributed by atoms with Gasteiger partial charge in [-0.05, 0) is 62.6 Å². The first kappa shape index (κ1) is 14.3. The van der Waals surface area contributed by atoms with Crippen molar-refractivity contribution in [3.63, 3.8) is 0 Å². The van der Waals surface area contributed by atoms with E-state index in [-0.39, 0.29) is 0 Å². The predicted molar refractivity (Wildman–Crippen MR) is 78.8 cm³/mol. The normalized spacial score (nSPS) is 37.0. The molecule has 2 fully saturated rings. The molecule has 2 nitrogen and oxygen atoms in total. The highest BCUT2D eigenvalue weighted by atomic mass is 15.1. The zero-order valence-corrected chi connectivity index (χ0v) is 12.8. The fourth-order valence-corrected chi connectivity index (χ4v) is 4.20. The van der Waals surface area contributed by atoms with Crippen molar-refractivity contribution in [2.75, 3.05) is 26.2 Å². The summed E-state index contributed by atoms with van der Waals surface area (Å²) in [6.45, 7) is 14.7. The maximum absolute atomic E-state index is 3.87. The van der Waals surface area contributed by atoms with Crippen molar-refractivity contribution in [3.05, 3.63) is 0 Å². The molecule has 1 saturated carbocycles. The second kappa shape index (κ2) is 5.92. The van der Waals surface area contributed by atoms with Crippen LogP contribution in [0.3, 0.4) is 0 Å². The minimum atomic E-state index is 0.542. The maximum atomic E-state index is 3.87. The van der Waals surface area contributed by atoms with Gasteiger partial charge in [0.05, 0.1) is 0 Å². The van der Waals surface area contributed by atoms with Gasteiger partial charge in [0.2, 0.25) is 0 Å². The molecule has 18 heavy (non-hydrogen) atoms. The summed E-state index contributed by atoms with van der Waals surface area (Å²) in [5.74, 6) is 1.78. The van der Waals surface area contributed by atoms with Crippen LogP contribution < -0.4 is 5.32 Å². The van der Waals surface area contributed by atoms with Crippen LogP contribution >= 0.6 is 0 Å². The molecule has 1 aliphatic heterocycles. The number of likely N-dealkylation sites (tertiary alicyclic amines) is 1. The van der Waals surface area contributed by atoms with Crippen LogP contribution in [-0.2, 0) is 0 Å². The van der Waals surface area contributed by atoms with Crippen LogP contribution in [0.2, 0.25) is 0 Å². The molecule has 0 radical (unpaired) electrons. The van der Waals surface area contributed by atoms with Crippen LogP contribution in [0.5, 0.6) is 0 Å². The first-order valence-electron chi connectivity index (χ1n) is 7.94. The van der Waals surface area contributed by atoms with Crippen LogP contribution in [0.1, 0.15) is 53.4 Å². The molecule has 3 atom stereocenters. The lowest BCUT2D eigenvalue weighted by Crippen LogP contribution is -2.42. The Morgan fingerprint density at radius 2 is 2.06 bits per heavy atom. The molecule has 2 rings (SSSR count). The molecule has 3 unspecified atom stereocenters. The molecule has 0 aromatic carbocycles. The van der Waals surface area contributed by atoms with Crippen molar-refractivity contribution in [2.45, 2.75) is 59.4 Å². The zero-order chi connectivity index (χ0) is 13.2. The van der Waals surface area contributed by atoms with Crippen molar-refractivity contribution in [2.24, 2.45) is 17.3 Å². The summed E-state index contributed by atoms with van der Waals surface area (Å²) >= 11 is 0. The van der Waals surface area contributed by atoms with E-state index < -0.39 is 0 Å². The van der Waals surface area contributed by atoms with Gasteiger partial charge in [0.15, 0.2) is 0 Å². The second-order valence-electron chi connectivity index (χ2n) is 7.57. The summed E-state index contributed by atoms with van der Waals surface area (Å²) in [5.41, 5.74) is 0.542.